The molecule has 0 spiro atoms. The van der Waals surface area contributed by atoms with E-state index in [0.29, 0.717) is 5.75 Å². The second-order valence-corrected chi connectivity index (χ2v) is 5.65. The van der Waals surface area contributed by atoms with Gasteiger partial charge in [-0.15, -0.1) is 11.8 Å². The minimum atomic E-state index is -0.411. The van der Waals surface area contributed by atoms with E-state index in [2.05, 4.69) is 12.6 Å². The third-order valence-electron chi connectivity index (χ3n) is 1.82. The SMILES string of the molecule is CC(C)(C)OC(=O)N1CSC[C@@H]1CS. The van der Waals surface area contributed by atoms with Crippen LogP contribution >= 0.6 is 24.4 Å². The van der Waals surface area contributed by atoms with Crippen LogP contribution in [0.5, 0.6) is 0 Å². The summed E-state index contributed by atoms with van der Waals surface area (Å²) in [4.78, 5) is 13.4. The largest absolute Gasteiger partial charge is 0.444 e. The summed E-state index contributed by atoms with van der Waals surface area (Å²) < 4.78 is 5.29. The Balaban J connectivity index is 2.52. The number of hydrogen-bond acceptors (Lipinski definition) is 4. The highest BCUT2D eigenvalue weighted by atomic mass is 32.2. The van der Waals surface area contributed by atoms with Crippen molar-refractivity contribution in [2.24, 2.45) is 0 Å². The summed E-state index contributed by atoms with van der Waals surface area (Å²) in [5.74, 6) is 2.38. The maximum atomic E-state index is 11.7. The molecule has 1 atom stereocenters. The van der Waals surface area contributed by atoms with Gasteiger partial charge < -0.3 is 4.74 Å². The molecule has 0 aliphatic carbocycles. The van der Waals surface area contributed by atoms with Crippen LogP contribution in [0.4, 0.5) is 4.79 Å². The highest BCUT2D eigenvalue weighted by Gasteiger charge is 2.31. The zero-order chi connectivity index (χ0) is 10.8. The number of nitrogens with zero attached hydrogens (tertiary/aromatic N) is 1. The van der Waals surface area contributed by atoms with Crippen molar-refractivity contribution >= 4 is 30.5 Å². The van der Waals surface area contributed by atoms with E-state index >= 15 is 0 Å². The number of amides is 1. The standard InChI is InChI=1S/C9H17NO2S2/c1-9(2,3)12-8(11)10-6-14-5-7(10)4-13/h7,13H,4-6H2,1-3H3/t7-/m0/s1. The topological polar surface area (TPSA) is 29.5 Å². The number of thioether (sulfide) groups is 1. The number of ether oxygens (including phenoxy) is 1. The number of hydrogen-bond donors (Lipinski definition) is 1. The summed E-state index contributed by atoms with van der Waals surface area (Å²) in [7, 11) is 0. The van der Waals surface area contributed by atoms with Gasteiger partial charge in [-0.1, -0.05) is 0 Å². The second-order valence-electron chi connectivity index (χ2n) is 4.29. The zero-order valence-corrected chi connectivity index (χ0v) is 10.5. The van der Waals surface area contributed by atoms with Crippen LogP contribution in [0.25, 0.3) is 0 Å². The smallest absolute Gasteiger partial charge is 0.411 e. The van der Waals surface area contributed by atoms with Crippen molar-refractivity contribution in [2.45, 2.75) is 32.4 Å². The Hall–Kier alpha value is -0.0300. The molecule has 1 aliphatic heterocycles. The molecule has 5 heteroatoms. The van der Waals surface area contributed by atoms with E-state index in [0.717, 1.165) is 11.6 Å². The van der Waals surface area contributed by atoms with Gasteiger partial charge in [-0.3, -0.25) is 4.90 Å². The van der Waals surface area contributed by atoms with Crippen molar-refractivity contribution < 1.29 is 9.53 Å². The van der Waals surface area contributed by atoms with Gasteiger partial charge in [0, 0.05) is 11.5 Å². The van der Waals surface area contributed by atoms with Gasteiger partial charge >= 0.3 is 6.09 Å². The summed E-state index contributed by atoms with van der Waals surface area (Å²) in [6, 6.07) is 0.221. The first-order valence-corrected chi connectivity index (χ1v) is 6.41. The van der Waals surface area contributed by atoms with Crippen LogP contribution in [0.2, 0.25) is 0 Å². The first-order valence-electron chi connectivity index (χ1n) is 4.62. The van der Waals surface area contributed by atoms with Crippen LogP contribution in [0.3, 0.4) is 0 Å². The Kier molecular flexibility index (Phi) is 4.01. The molecule has 3 nitrogen and oxygen atoms in total. The molecule has 1 amide bonds. The van der Waals surface area contributed by atoms with E-state index in [4.69, 9.17) is 4.74 Å². The van der Waals surface area contributed by atoms with Gasteiger partial charge in [-0.05, 0) is 20.8 Å². The van der Waals surface area contributed by atoms with E-state index in [1.165, 1.54) is 0 Å². The first kappa shape index (κ1) is 12.0. The fourth-order valence-corrected chi connectivity index (χ4v) is 2.85. The zero-order valence-electron chi connectivity index (χ0n) is 8.82. The molecule has 0 aromatic rings. The van der Waals surface area contributed by atoms with Gasteiger partial charge in [-0.25, -0.2) is 4.79 Å². The van der Waals surface area contributed by atoms with Crippen molar-refractivity contribution in [1.29, 1.82) is 0 Å². The summed E-state index contributed by atoms with van der Waals surface area (Å²) in [5.41, 5.74) is -0.411. The van der Waals surface area contributed by atoms with Gasteiger partial charge in [0.05, 0.1) is 11.9 Å². The van der Waals surface area contributed by atoms with Crippen LogP contribution in [0.15, 0.2) is 0 Å². The van der Waals surface area contributed by atoms with E-state index in [1.807, 2.05) is 20.8 Å². The van der Waals surface area contributed by atoms with Crippen molar-refractivity contribution in [3.05, 3.63) is 0 Å². The summed E-state index contributed by atoms with van der Waals surface area (Å²) in [6.45, 7) is 5.64. The minimum absolute atomic E-state index is 0.221. The lowest BCUT2D eigenvalue weighted by molar-refractivity contribution is 0.0255. The normalized spacial score (nSPS) is 22.6. The Labute approximate surface area is 95.0 Å². The van der Waals surface area contributed by atoms with Gasteiger partial charge in [-0.2, -0.15) is 12.6 Å². The molecule has 82 valence electrons. The van der Waals surface area contributed by atoms with Gasteiger partial charge in [0.2, 0.25) is 0 Å². The van der Waals surface area contributed by atoms with Gasteiger partial charge in [0.1, 0.15) is 5.60 Å². The number of carbonyl (C=O) groups is 1. The Morgan fingerprint density at radius 3 is 2.79 bits per heavy atom. The fraction of sp³-hybridized carbons (Fsp3) is 0.889. The molecule has 1 heterocycles. The second kappa shape index (κ2) is 4.66. The lowest BCUT2D eigenvalue weighted by Crippen LogP contribution is -2.41. The monoisotopic (exact) mass is 235 g/mol. The van der Waals surface area contributed by atoms with Crippen LogP contribution < -0.4 is 0 Å². The molecular formula is C9H17NO2S2. The van der Waals surface area contributed by atoms with E-state index in [9.17, 15) is 4.79 Å². The molecule has 0 unspecified atom stereocenters. The quantitative estimate of drug-likeness (QED) is 0.707. The van der Waals surface area contributed by atoms with E-state index in [1.54, 1.807) is 16.7 Å². The molecule has 0 saturated carbocycles. The maximum Gasteiger partial charge on any atom is 0.411 e. The van der Waals surface area contributed by atoms with Crippen molar-refractivity contribution in [1.82, 2.24) is 4.90 Å². The minimum Gasteiger partial charge on any atom is -0.444 e. The average molecular weight is 235 g/mol. The highest BCUT2D eigenvalue weighted by molar-refractivity contribution is 7.99. The molecule has 14 heavy (non-hydrogen) atoms. The summed E-state index contributed by atoms with van der Waals surface area (Å²) in [5, 5.41) is 0. The molecule has 1 saturated heterocycles. The molecule has 0 aromatic carbocycles. The Morgan fingerprint density at radius 2 is 2.29 bits per heavy atom. The number of thiol groups is 1. The molecule has 0 radical (unpaired) electrons. The molecular weight excluding hydrogens is 218 g/mol. The van der Waals surface area contributed by atoms with Gasteiger partial charge in [0.25, 0.3) is 0 Å². The van der Waals surface area contributed by atoms with Crippen LogP contribution in [0, 0.1) is 0 Å². The van der Waals surface area contributed by atoms with Crippen LogP contribution in [0.1, 0.15) is 20.8 Å². The molecule has 0 aromatic heterocycles. The van der Waals surface area contributed by atoms with Crippen molar-refractivity contribution in [2.75, 3.05) is 17.4 Å². The number of carbonyl (C=O) groups excluding carboxylic acids is 1. The lowest BCUT2D eigenvalue weighted by atomic mass is 10.2. The fourth-order valence-electron chi connectivity index (χ4n) is 1.16. The summed E-state index contributed by atoms with van der Waals surface area (Å²) in [6.07, 6.45) is -0.221. The average Bonchev–Trinajstić information content (AvgIpc) is 2.47. The third-order valence-corrected chi connectivity index (χ3v) is 3.32. The third kappa shape index (κ3) is 3.28. The molecule has 1 aliphatic rings. The Morgan fingerprint density at radius 1 is 1.64 bits per heavy atom. The molecule has 0 bridgehead atoms. The summed E-state index contributed by atoms with van der Waals surface area (Å²) >= 11 is 5.96. The predicted octanol–water partition coefficient (Wildman–Crippen LogP) is 2.23. The predicted molar refractivity (Wildman–Crippen MR) is 63.0 cm³/mol. The van der Waals surface area contributed by atoms with Crippen molar-refractivity contribution in [3.63, 3.8) is 0 Å². The van der Waals surface area contributed by atoms with Crippen molar-refractivity contribution in [3.8, 4) is 0 Å². The van der Waals surface area contributed by atoms with E-state index in [-0.39, 0.29) is 12.1 Å². The number of rotatable bonds is 1. The Bertz CT molecular complexity index is 215. The lowest BCUT2D eigenvalue weighted by Gasteiger charge is -2.27. The first-order chi connectivity index (χ1) is 6.44. The van der Waals surface area contributed by atoms with Crippen LogP contribution in [-0.4, -0.2) is 40.0 Å². The maximum absolute atomic E-state index is 11.7. The van der Waals surface area contributed by atoms with Crippen LogP contribution in [-0.2, 0) is 4.74 Å². The molecule has 0 N–H and O–H groups in total. The van der Waals surface area contributed by atoms with E-state index < -0.39 is 5.60 Å². The molecule has 1 rings (SSSR count). The van der Waals surface area contributed by atoms with Gasteiger partial charge in [0.15, 0.2) is 0 Å². The molecule has 1 fully saturated rings. The highest BCUT2D eigenvalue weighted by Crippen LogP contribution is 2.23.